The van der Waals surface area contributed by atoms with E-state index in [1.807, 2.05) is 18.2 Å². The Labute approximate surface area is 112 Å². The Morgan fingerprint density at radius 3 is 2.47 bits per heavy atom. The highest BCUT2D eigenvalue weighted by Gasteiger charge is 2.12. The number of carbonyl (C=O) groups is 1. The van der Waals surface area contributed by atoms with Crippen molar-refractivity contribution in [1.82, 2.24) is 0 Å². The van der Waals surface area contributed by atoms with Crippen LogP contribution in [0.3, 0.4) is 0 Å². The highest BCUT2D eigenvalue weighted by molar-refractivity contribution is 9.10. The minimum Gasteiger partial charge on any atom is -0.369 e. The topological polar surface area (TPSA) is 20.3 Å². The third kappa shape index (κ3) is 3.56. The Balaban J connectivity index is 3.06. The van der Waals surface area contributed by atoms with Crippen LogP contribution in [0, 0.1) is 0 Å². The molecule has 0 amide bonds. The van der Waals surface area contributed by atoms with E-state index in [9.17, 15) is 4.79 Å². The van der Waals surface area contributed by atoms with Crippen molar-refractivity contribution >= 4 is 27.4 Å². The maximum absolute atomic E-state index is 11.4. The second kappa shape index (κ2) is 6.20. The van der Waals surface area contributed by atoms with Crippen molar-refractivity contribution in [1.29, 1.82) is 0 Å². The summed E-state index contributed by atoms with van der Waals surface area (Å²) in [5.74, 6) is 0.0926. The number of benzene rings is 1. The summed E-state index contributed by atoms with van der Waals surface area (Å²) in [5.41, 5.74) is 1.91. The largest absolute Gasteiger partial charge is 0.369 e. The number of nitrogens with zero attached hydrogens (tertiary/aromatic N) is 1. The number of ketones is 1. The van der Waals surface area contributed by atoms with Crippen LogP contribution in [0.15, 0.2) is 22.7 Å². The number of anilines is 1. The third-order valence-corrected chi connectivity index (χ3v) is 3.41. The number of hydrogen-bond acceptors (Lipinski definition) is 2. The molecule has 0 aromatic heterocycles. The van der Waals surface area contributed by atoms with Crippen LogP contribution in [0.4, 0.5) is 5.69 Å². The SMILES string of the molecule is CCCN(c1ccc(C(C)=O)c(Br)c1)C(C)C. The van der Waals surface area contributed by atoms with Gasteiger partial charge in [0.05, 0.1) is 0 Å². The first-order valence-electron chi connectivity index (χ1n) is 6.04. The van der Waals surface area contributed by atoms with Gasteiger partial charge >= 0.3 is 0 Å². The second-order valence-corrected chi connectivity index (χ2v) is 5.36. The minimum atomic E-state index is 0.0926. The molecule has 0 N–H and O–H groups in total. The van der Waals surface area contributed by atoms with Gasteiger partial charge in [0.1, 0.15) is 0 Å². The van der Waals surface area contributed by atoms with Gasteiger partial charge in [-0.15, -0.1) is 0 Å². The van der Waals surface area contributed by atoms with E-state index in [0.717, 1.165) is 23.0 Å². The van der Waals surface area contributed by atoms with Gasteiger partial charge in [-0.1, -0.05) is 6.92 Å². The molecule has 0 heterocycles. The summed E-state index contributed by atoms with van der Waals surface area (Å²) in [4.78, 5) is 13.7. The Morgan fingerprint density at radius 1 is 1.41 bits per heavy atom. The molecule has 1 rings (SSSR count). The number of Topliss-reactive ketones (excluding diaryl/α,β-unsaturated/α-hetero) is 1. The quantitative estimate of drug-likeness (QED) is 0.756. The van der Waals surface area contributed by atoms with Gasteiger partial charge in [0, 0.05) is 28.3 Å². The molecule has 0 fully saturated rings. The Morgan fingerprint density at radius 2 is 2.06 bits per heavy atom. The lowest BCUT2D eigenvalue weighted by molar-refractivity contribution is 0.101. The third-order valence-electron chi connectivity index (χ3n) is 2.75. The maximum Gasteiger partial charge on any atom is 0.160 e. The molecule has 1 aromatic rings. The van der Waals surface area contributed by atoms with Crippen LogP contribution in [0.25, 0.3) is 0 Å². The van der Waals surface area contributed by atoms with E-state index in [-0.39, 0.29) is 5.78 Å². The van der Waals surface area contributed by atoms with Crippen molar-refractivity contribution in [2.24, 2.45) is 0 Å². The van der Waals surface area contributed by atoms with E-state index < -0.39 is 0 Å². The summed E-state index contributed by atoms with van der Waals surface area (Å²) in [6.45, 7) is 9.16. The zero-order chi connectivity index (χ0) is 13.0. The fourth-order valence-electron chi connectivity index (χ4n) is 1.89. The average molecular weight is 298 g/mol. The average Bonchev–Trinajstić information content (AvgIpc) is 2.24. The number of hydrogen-bond donors (Lipinski definition) is 0. The van der Waals surface area contributed by atoms with Crippen LogP contribution in [0.1, 0.15) is 44.5 Å². The molecule has 0 aliphatic carbocycles. The van der Waals surface area contributed by atoms with Crippen LogP contribution in [-0.2, 0) is 0 Å². The zero-order valence-electron chi connectivity index (χ0n) is 11.0. The van der Waals surface area contributed by atoms with Gasteiger partial charge in [-0.3, -0.25) is 4.79 Å². The number of rotatable bonds is 5. The molecule has 0 radical (unpaired) electrons. The van der Waals surface area contributed by atoms with Crippen LogP contribution in [0.2, 0.25) is 0 Å². The molecule has 0 saturated heterocycles. The molecule has 0 aliphatic heterocycles. The van der Waals surface area contributed by atoms with Gasteiger partial charge in [0.25, 0.3) is 0 Å². The van der Waals surface area contributed by atoms with Crippen LogP contribution in [-0.4, -0.2) is 18.4 Å². The number of halogens is 1. The van der Waals surface area contributed by atoms with Crippen molar-refractivity contribution in [3.63, 3.8) is 0 Å². The smallest absolute Gasteiger partial charge is 0.160 e. The molecule has 0 spiro atoms. The van der Waals surface area contributed by atoms with Gasteiger partial charge in [-0.05, 0) is 61.3 Å². The predicted octanol–water partition coefficient (Wildman–Crippen LogP) is 4.28. The molecule has 17 heavy (non-hydrogen) atoms. The monoisotopic (exact) mass is 297 g/mol. The van der Waals surface area contributed by atoms with Crippen molar-refractivity contribution in [2.45, 2.75) is 40.2 Å². The van der Waals surface area contributed by atoms with E-state index in [1.165, 1.54) is 5.69 Å². The van der Waals surface area contributed by atoms with Crippen molar-refractivity contribution in [3.05, 3.63) is 28.2 Å². The maximum atomic E-state index is 11.4. The lowest BCUT2D eigenvalue weighted by Gasteiger charge is -2.29. The standard InChI is InChI=1S/C14H20BrNO/c1-5-8-16(10(2)3)12-6-7-13(11(4)17)14(15)9-12/h6-7,9-10H,5,8H2,1-4H3. The van der Waals surface area contributed by atoms with Crippen molar-refractivity contribution in [3.8, 4) is 0 Å². The zero-order valence-corrected chi connectivity index (χ0v) is 12.5. The minimum absolute atomic E-state index is 0.0926. The van der Waals surface area contributed by atoms with Gasteiger partial charge in [-0.2, -0.15) is 0 Å². The Bertz CT molecular complexity index is 401. The van der Waals surface area contributed by atoms with Gasteiger partial charge < -0.3 is 4.90 Å². The summed E-state index contributed by atoms with van der Waals surface area (Å²) in [6.07, 6.45) is 1.12. The number of carbonyl (C=O) groups excluding carboxylic acids is 1. The highest BCUT2D eigenvalue weighted by atomic mass is 79.9. The molecule has 0 atom stereocenters. The molecular formula is C14H20BrNO. The summed E-state index contributed by atoms with van der Waals surface area (Å²) in [6, 6.07) is 6.42. The van der Waals surface area contributed by atoms with E-state index >= 15 is 0 Å². The first-order chi connectivity index (χ1) is 7.97. The van der Waals surface area contributed by atoms with Crippen LogP contribution < -0.4 is 4.90 Å². The molecule has 0 unspecified atom stereocenters. The van der Waals surface area contributed by atoms with E-state index in [1.54, 1.807) is 6.92 Å². The van der Waals surface area contributed by atoms with Crippen molar-refractivity contribution < 1.29 is 4.79 Å². The van der Waals surface area contributed by atoms with Crippen LogP contribution >= 0.6 is 15.9 Å². The molecule has 0 aliphatic rings. The van der Waals surface area contributed by atoms with Gasteiger partial charge in [-0.25, -0.2) is 0 Å². The summed E-state index contributed by atoms with van der Waals surface area (Å²) in [5, 5.41) is 0. The first kappa shape index (κ1) is 14.2. The lowest BCUT2D eigenvalue weighted by Crippen LogP contribution is -2.31. The molecule has 0 saturated carbocycles. The fourth-order valence-corrected chi connectivity index (χ4v) is 2.54. The Hall–Kier alpha value is -0.830. The lowest BCUT2D eigenvalue weighted by atomic mass is 10.1. The molecular weight excluding hydrogens is 278 g/mol. The van der Waals surface area contributed by atoms with E-state index in [4.69, 9.17) is 0 Å². The van der Waals surface area contributed by atoms with E-state index in [0.29, 0.717) is 6.04 Å². The van der Waals surface area contributed by atoms with Crippen LogP contribution in [0.5, 0.6) is 0 Å². The Kier molecular flexibility index (Phi) is 5.19. The predicted molar refractivity (Wildman–Crippen MR) is 76.9 cm³/mol. The molecule has 94 valence electrons. The molecule has 3 heteroatoms. The molecule has 1 aromatic carbocycles. The van der Waals surface area contributed by atoms with E-state index in [2.05, 4.69) is 41.6 Å². The summed E-state index contributed by atoms with van der Waals surface area (Å²) in [7, 11) is 0. The van der Waals surface area contributed by atoms with Gasteiger partial charge in [0.15, 0.2) is 5.78 Å². The highest BCUT2D eigenvalue weighted by Crippen LogP contribution is 2.26. The summed E-state index contributed by atoms with van der Waals surface area (Å²) >= 11 is 3.47. The summed E-state index contributed by atoms with van der Waals surface area (Å²) < 4.78 is 0.879. The second-order valence-electron chi connectivity index (χ2n) is 4.51. The fraction of sp³-hybridized carbons (Fsp3) is 0.500. The molecule has 0 bridgehead atoms. The van der Waals surface area contributed by atoms with Gasteiger partial charge in [0.2, 0.25) is 0 Å². The first-order valence-corrected chi connectivity index (χ1v) is 6.83. The molecule has 2 nitrogen and oxygen atoms in total. The normalized spacial score (nSPS) is 10.7. The van der Waals surface area contributed by atoms with Crippen molar-refractivity contribution in [2.75, 3.05) is 11.4 Å².